The normalized spacial score (nSPS) is 18.6. The molecule has 3 heterocycles. The second-order valence-corrected chi connectivity index (χ2v) is 12.5. The van der Waals surface area contributed by atoms with E-state index in [2.05, 4.69) is 37.2 Å². The molecule has 0 saturated heterocycles. The van der Waals surface area contributed by atoms with Gasteiger partial charge in [-0.15, -0.1) is 0 Å². The first-order valence-corrected chi connectivity index (χ1v) is 16.1. The van der Waals surface area contributed by atoms with Gasteiger partial charge >= 0.3 is 0 Å². The van der Waals surface area contributed by atoms with Gasteiger partial charge in [0, 0.05) is 57.9 Å². The minimum absolute atomic E-state index is 0.00300. The highest BCUT2D eigenvalue weighted by Gasteiger charge is 2.28. The average molecular weight is 629 g/mol. The van der Waals surface area contributed by atoms with E-state index in [-0.39, 0.29) is 23.3 Å². The molecule has 0 radical (unpaired) electrons. The molecule has 0 aromatic carbocycles. The van der Waals surface area contributed by atoms with E-state index in [0.29, 0.717) is 30.6 Å². The number of anilines is 2. The lowest BCUT2D eigenvalue weighted by Crippen LogP contribution is -2.30. The Morgan fingerprint density at radius 3 is 2.60 bits per heavy atom. The molecule has 3 N–H and O–H groups in total. The van der Waals surface area contributed by atoms with E-state index in [1.54, 1.807) is 16.9 Å². The van der Waals surface area contributed by atoms with Crippen LogP contribution in [0.25, 0.3) is 11.5 Å². The van der Waals surface area contributed by atoms with Gasteiger partial charge in [0.1, 0.15) is 12.1 Å². The van der Waals surface area contributed by atoms with Crippen molar-refractivity contribution in [2.45, 2.75) is 63.8 Å². The number of halogens is 2. The van der Waals surface area contributed by atoms with Crippen molar-refractivity contribution < 1.29 is 22.7 Å². The first kappa shape index (κ1) is 33.0. The average Bonchev–Trinajstić information content (AvgIpc) is 3.52. The molecule has 13 heteroatoms. The first-order chi connectivity index (χ1) is 21.8. The van der Waals surface area contributed by atoms with Crippen LogP contribution in [0.2, 0.25) is 0 Å². The number of aromatic nitrogens is 4. The predicted octanol–water partition coefficient (Wildman–Crippen LogP) is 5.39. The number of carbonyl (C=O) groups is 1. The predicted molar refractivity (Wildman–Crippen MR) is 168 cm³/mol. The van der Waals surface area contributed by atoms with Crippen LogP contribution >= 0.6 is 0 Å². The smallest absolute Gasteiger partial charge is 0.284 e. The van der Waals surface area contributed by atoms with Crippen LogP contribution in [0.15, 0.2) is 35.2 Å². The van der Waals surface area contributed by atoms with Crippen molar-refractivity contribution in [3.05, 3.63) is 42.2 Å². The summed E-state index contributed by atoms with van der Waals surface area (Å²) in [5, 5.41) is 6.80. The van der Waals surface area contributed by atoms with Crippen LogP contribution in [0.4, 0.5) is 20.3 Å². The van der Waals surface area contributed by atoms with Gasteiger partial charge in [0.25, 0.3) is 12.3 Å². The summed E-state index contributed by atoms with van der Waals surface area (Å²) in [7, 11) is 4.12. The summed E-state index contributed by atoms with van der Waals surface area (Å²) < 4.78 is 40.7. The fourth-order valence-electron chi connectivity index (χ4n) is 5.94. The molecule has 246 valence electrons. The summed E-state index contributed by atoms with van der Waals surface area (Å²) in [6.45, 7) is 5.00. The highest BCUT2D eigenvalue weighted by Crippen LogP contribution is 2.35. The van der Waals surface area contributed by atoms with Gasteiger partial charge in [-0.1, -0.05) is 0 Å². The monoisotopic (exact) mass is 628 g/mol. The Bertz CT molecular complexity index is 1370. The van der Waals surface area contributed by atoms with Gasteiger partial charge in [-0.05, 0) is 88.9 Å². The number of nitrogens with two attached hydrogens (primary N) is 1. The SMILES string of the molecule is CN(CCCOCCCN)CC1CCC(n2cc(NC(=O)c3coc(-c4ccnc(N(C)CC5CC5)c4)n3)c(C(F)F)n2)CC1. The summed E-state index contributed by atoms with van der Waals surface area (Å²) >= 11 is 0. The Balaban J connectivity index is 1.14. The number of hydrogen-bond acceptors (Lipinski definition) is 9. The van der Waals surface area contributed by atoms with Gasteiger partial charge in [-0.3, -0.25) is 9.48 Å². The molecule has 1 amide bonds. The number of rotatable bonds is 17. The van der Waals surface area contributed by atoms with Gasteiger partial charge in [-0.25, -0.2) is 18.7 Å². The summed E-state index contributed by atoms with van der Waals surface area (Å²) in [5.41, 5.74) is 5.71. The highest BCUT2D eigenvalue weighted by atomic mass is 19.3. The summed E-state index contributed by atoms with van der Waals surface area (Å²) in [5.74, 6) is 1.66. The lowest BCUT2D eigenvalue weighted by molar-refractivity contribution is 0.102. The molecule has 0 aliphatic heterocycles. The number of nitrogens with one attached hydrogen (secondary N) is 1. The van der Waals surface area contributed by atoms with Crippen LogP contribution in [0.3, 0.4) is 0 Å². The van der Waals surface area contributed by atoms with Gasteiger partial charge in [0.05, 0.1) is 11.7 Å². The van der Waals surface area contributed by atoms with Crippen molar-refractivity contribution >= 4 is 17.4 Å². The Hall–Kier alpha value is -3.42. The summed E-state index contributed by atoms with van der Waals surface area (Å²) in [4.78, 5) is 26.3. The molecule has 5 rings (SSSR count). The zero-order valence-corrected chi connectivity index (χ0v) is 26.3. The maximum Gasteiger partial charge on any atom is 0.284 e. The van der Waals surface area contributed by atoms with Gasteiger partial charge < -0.3 is 30.0 Å². The van der Waals surface area contributed by atoms with E-state index in [1.165, 1.54) is 25.3 Å². The molecule has 2 fully saturated rings. The quantitative estimate of drug-likeness (QED) is 0.189. The number of hydrogen-bond donors (Lipinski definition) is 2. The van der Waals surface area contributed by atoms with Crippen LogP contribution in [0.1, 0.15) is 80.0 Å². The van der Waals surface area contributed by atoms with Crippen molar-refractivity contribution in [1.82, 2.24) is 24.6 Å². The van der Waals surface area contributed by atoms with Crippen molar-refractivity contribution in [2.75, 3.05) is 63.7 Å². The minimum Gasteiger partial charge on any atom is -0.444 e. The van der Waals surface area contributed by atoms with E-state index in [4.69, 9.17) is 14.9 Å². The molecule has 0 unspecified atom stereocenters. The topological polar surface area (TPSA) is 128 Å². The van der Waals surface area contributed by atoms with Crippen LogP contribution < -0.4 is 16.0 Å². The molecule has 11 nitrogen and oxygen atoms in total. The molecule has 0 atom stereocenters. The third-order valence-corrected chi connectivity index (χ3v) is 8.65. The van der Waals surface area contributed by atoms with E-state index in [9.17, 15) is 13.6 Å². The number of ether oxygens (including phenoxy) is 1. The number of alkyl halides is 2. The summed E-state index contributed by atoms with van der Waals surface area (Å²) in [6.07, 6.45) is 9.60. The molecule has 3 aromatic heterocycles. The maximum absolute atomic E-state index is 14.0. The molecule has 45 heavy (non-hydrogen) atoms. The molecule has 3 aromatic rings. The number of oxazole rings is 1. The molecule has 2 aliphatic rings. The van der Waals surface area contributed by atoms with Crippen molar-refractivity contribution in [3.8, 4) is 11.5 Å². The number of pyridine rings is 1. The zero-order valence-electron chi connectivity index (χ0n) is 26.3. The van der Waals surface area contributed by atoms with Crippen LogP contribution in [0, 0.1) is 11.8 Å². The van der Waals surface area contributed by atoms with Crippen molar-refractivity contribution in [2.24, 2.45) is 17.6 Å². The van der Waals surface area contributed by atoms with Gasteiger partial charge in [0.15, 0.2) is 11.4 Å². The minimum atomic E-state index is -2.83. The molecule has 0 bridgehead atoms. The van der Waals surface area contributed by atoms with Crippen molar-refractivity contribution in [3.63, 3.8) is 0 Å². The van der Waals surface area contributed by atoms with E-state index >= 15 is 0 Å². The van der Waals surface area contributed by atoms with Crippen LogP contribution in [0.5, 0.6) is 0 Å². The Labute approximate surface area is 263 Å². The fraction of sp³-hybridized carbons (Fsp3) is 0.625. The standard InChI is InChI=1S/C32H46F2N8O3/c1-40(14-4-16-44-15-3-12-35)18-22-7-9-25(10-8-22)42-20-26(29(39-42)30(33)34)37-31(43)27-21-45-32(38-27)24-11-13-36-28(17-24)41(2)19-23-5-6-23/h11,13,17,20-23,25,30H,3-10,12,14-16,18-19,35H2,1-2H3,(H,37,43). The zero-order chi connectivity index (χ0) is 31.8. The van der Waals surface area contributed by atoms with E-state index in [1.807, 2.05) is 13.1 Å². The Morgan fingerprint density at radius 2 is 1.87 bits per heavy atom. The highest BCUT2D eigenvalue weighted by molar-refractivity contribution is 6.03. The molecule has 2 saturated carbocycles. The lowest BCUT2D eigenvalue weighted by Gasteiger charge is -2.31. The fourth-order valence-corrected chi connectivity index (χ4v) is 5.94. The Kier molecular flexibility index (Phi) is 11.5. The van der Waals surface area contributed by atoms with E-state index in [0.717, 1.165) is 70.6 Å². The van der Waals surface area contributed by atoms with Crippen molar-refractivity contribution in [1.29, 1.82) is 0 Å². The third-order valence-electron chi connectivity index (χ3n) is 8.65. The van der Waals surface area contributed by atoms with E-state index < -0.39 is 18.0 Å². The second kappa shape index (κ2) is 15.7. The summed E-state index contributed by atoms with van der Waals surface area (Å²) in [6, 6.07) is 3.63. The van der Waals surface area contributed by atoms with Gasteiger partial charge in [0.2, 0.25) is 5.89 Å². The van der Waals surface area contributed by atoms with Crippen LogP contribution in [-0.2, 0) is 4.74 Å². The lowest BCUT2D eigenvalue weighted by atomic mass is 9.86. The third kappa shape index (κ3) is 9.30. The molecular formula is C32H46F2N8O3. The maximum atomic E-state index is 14.0. The first-order valence-electron chi connectivity index (χ1n) is 16.1. The second-order valence-electron chi connectivity index (χ2n) is 12.5. The molecule has 0 spiro atoms. The number of nitrogens with zero attached hydrogens (tertiary/aromatic N) is 6. The number of carbonyl (C=O) groups excluding carboxylic acids is 1. The number of amides is 1. The van der Waals surface area contributed by atoms with Gasteiger partial charge in [-0.2, -0.15) is 5.10 Å². The van der Waals surface area contributed by atoms with Crippen LogP contribution in [-0.4, -0.2) is 84.0 Å². The molecular weight excluding hydrogens is 582 g/mol. The largest absolute Gasteiger partial charge is 0.444 e. The molecule has 2 aliphatic carbocycles. The Morgan fingerprint density at radius 1 is 1.13 bits per heavy atom.